The Hall–Kier alpha value is -3.47. The molecule has 1 N–H and O–H groups in total. The van der Waals surface area contributed by atoms with Crippen LogP contribution < -0.4 is 19.1 Å². The summed E-state index contributed by atoms with van der Waals surface area (Å²) in [5.41, 5.74) is 0.891. The van der Waals surface area contributed by atoms with Crippen LogP contribution in [0.2, 0.25) is 10.0 Å². The van der Waals surface area contributed by atoms with E-state index in [1.807, 2.05) is 13.8 Å². The summed E-state index contributed by atoms with van der Waals surface area (Å²) in [5, 5.41) is 3.49. The van der Waals surface area contributed by atoms with Crippen LogP contribution in [0.3, 0.4) is 0 Å². The molecule has 0 radical (unpaired) electrons. The predicted molar refractivity (Wildman–Crippen MR) is 165 cm³/mol. The molecule has 0 saturated carbocycles. The summed E-state index contributed by atoms with van der Waals surface area (Å²) >= 11 is 12.3. The van der Waals surface area contributed by atoms with Gasteiger partial charge >= 0.3 is 0 Å². The van der Waals surface area contributed by atoms with Crippen molar-refractivity contribution >= 4 is 50.7 Å². The van der Waals surface area contributed by atoms with Gasteiger partial charge in [0.1, 0.15) is 12.6 Å². The standard InChI is InChI=1S/C30H35Cl2N3O6S/c1-20(2)17-33-30(37)21(3)34(18-22-11-13-25(31)26(32)15-22)29(36)19-35(23-9-7-6-8-10-23)42(38,39)24-12-14-27(40-4)28(16-24)41-5/h6-16,20-21H,17-19H2,1-5H3,(H,33,37)/t21-/m1/s1. The van der Waals surface area contributed by atoms with Crippen LogP contribution in [0, 0.1) is 5.92 Å². The molecule has 0 aliphatic carbocycles. The predicted octanol–water partition coefficient (Wildman–Crippen LogP) is 5.40. The highest BCUT2D eigenvalue weighted by atomic mass is 35.5. The van der Waals surface area contributed by atoms with Crippen LogP contribution in [0.4, 0.5) is 5.69 Å². The van der Waals surface area contributed by atoms with E-state index in [4.69, 9.17) is 32.7 Å². The summed E-state index contributed by atoms with van der Waals surface area (Å²) in [5.74, 6) is -0.199. The van der Waals surface area contributed by atoms with E-state index in [0.717, 1.165) is 4.31 Å². The van der Waals surface area contributed by atoms with Crippen LogP contribution in [0.25, 0.3) is 0 Å². The Bertz CT molecular complexity index is 1500. The molecule has 0 saturated heterocycles. The number of anilines is 1. The summed E-state index contributed by atoms with van der Waals surface area (Å²) < 4.78 is 39.6. The fourth-order valence-corrected chi connectivity index (χ4v) is 5.85. The number of methoxy groups -OCH3 is 2. The lowest BCUT2D eigenvalue weighted by Crippen LogP contribution is -2.51. The number of hydrogen-bond acceptors (Lipinski definition) is 6. The molecule has 0 heterocycles. The van der Waals surface area contributed by atoms with Crippen LogP contribution in [0.15, 0.2) is 71.6 Å². The molecule has 0 fully saturated rings. The number of nitrogens with one attached hydrogen (secondary N) is 1. The summed E-state index contributed by atoms with van der Waals surface area (Å²) in [7, 11) is -1.43. The van der Waals surface area contributed by atoms with Crippen LogP contribution in [-0.2, 0) is 26.2 Å². The molecule has 1 atom stereocenters. The molecule has 226 valence electrons. The number of amides is 2. The Labute approximate surface area is 257 Å². The molecule has 42 heavy (non-hydrogen) atoms. The average Bonchev–Trinajstić information content (AvgIpc) is 2.98. The minimum atomic E-state index is -4.28. The van der Waals surface area contributed by atoms with Gasteiger partial charge in [0.25, 0.3) is 10.0 Å². The number of para-hydroxylation sites is 1. The molecule has 0 bridgehead atoms. The number of halogens is 2. The normalized spacial score (nSPS) is 12.0. The zero-order valence-electron chi connectivity index (χ0n) is 24.1. The Morgan fingerprint density at radius 2 is 1.55 bits per heavy atom. The Balaban J connectivity index is 2.04. The largest absolute Gasteiger partial charge is 0.493 e. The van der Waals surface area contributed by atoms with Gasteiger partial charge in [0, 0.05) is 19.2 Å². The second-order valence-electron chi connectivity index (χ2n) is 9.95. The second-order valence-corrected chi connectivity index (χ2v) is 12.6. The van der Waals surface area contributed by atoms with Crippen molar-refractivity contribution in [2.24, 2.45) is 5.92 Å². The fraction of sp³-hybridized carbons (Fsp3) is 0.333. The van der Waals surface area contributed by atoms with Crippen molar-refractivity contribution in [1.29, 1.82) is 0 Å². The van der Waals surface area contributed by atoms with Crippen LogP contribution in [0.5, 0.6) is 11.5 Å². The van der Waals surface area contributed by atoms with Gasteiger partial charge in [-0.1, -0.05) is 61.3 Å². The SMILES string of the molecule is COc1ccc(S(=O)(=O)N(CC(=O)N(Cc2ccc(Cl)c(Cl)c2)[C@H](C)C(=O)NCC(C)C)c2ccccc2)cc1OC. The number of hydrogen-bond donors (Lipinski definition) is 1. The smallest absolute Gasteiger partial charge is 0.264 e. The van der Waals surface area contributed by atoms with Gasteiger partial charge in [-0.15, -0.1) is 0 Å². The van der Waals surface area contributed by atoms with Crippen molar-refractivity contribution in [3.63, 3.8) is 0 Å². The molecule has 0 unspecified atom stereocenters. The number of carbonyl (C=O) groups is 2. The van der Waals surface area contributed by atoms with Gasteiger partial charge < -0.3 is 19.7 Å². The summed E-state index contributed by atoms with van der Waals surface area (Å²) in [6.07, 6.45) is 0. The maximum absolute atomic E-state index is 14.0. The zero-order chi connectivity index (χ0) is 31.0. The zero-order valence-corrected chi connectivity index (χ0v) is 26.5. The van der Waals surface area contributed by atoms with E-state index in [2.05, 4.69) is 5.32 Å². The van der Waals surface area contributed by atoms with Crippen molar-refractivity contribution in [1.82, 2.24) is 10.2 Å². The van der Waals surface area contributed by atoms with Crippen LogP contribution >= 0.6 is 23.2 Å². The molecular weight excluding hydrogens is 601 g/mol. The molecule has 0 spiro atoms. The highest BCUT2D eigenvalue weighted by Gasteiger charge is 2.33. The summed E-state index contributed by atoms with van der Waals surface area (Å²) in [6, 6.07) is 16.5. The van der Waals surface area contributed by atoms with Crippen molar-refractivity contribution in [3.8, 4) is 11.5 Å². The highest BCUT2D eigenvalue weighted by Crippen LogP contribution is 2.32. The minimum absolute atomic E-state index is 0.00891. The highest BCUT2D eigenvalue weighted by molar-refractivity contribution is 7.92. The maximum atomic E-state index is 14.0. The van der Waals surface area contributed by atoms with Gasteiger partial charge in [0.15, 0.2) is 11.5 Å². The molecule has 3 rings (SSSR count). The third-order valence-electron chi connectivity index (χ3n) is 6.45. The number of ether oxygens (including phenoxy) is 2. The molecular formula is C30H35Cl2N3O6S. The topological polar surface area (TPSA) is 105 Å². The van der Waals surface area contributed by atoms with Crippen molar-refractivity contribution in [3.05, 3.63) is 82.3 Å². The lowest BCUT2D eigenvalue weighted by Gasteiger charge is -2.32. The van der Waals surface area contributed by atoms with E-state index >= 15 is 0 Å². The van der Waals surface area contributed by atoms with E-state index in [1.54, 1.807) is 55.5 Å². The van der Waals surface area contributed by atoms with Crippen molar-refractivity contribution in [2.75, 3.05) is 31.6 Å². The van der Waals surface area contributed by atoms with Gasteiger partial charge in [-0.05, 0) is 54.8 Å². The summed E-state index contributed by atoms with van der Waals surface area (Å²) in [4.78, 5) is 28.3. The van der Waals surface area contributed by atoms with Gasteiger partial charge in [-0.3, -0.25) is 13.9 Å². The molecule has 3 aromatic carbocycles. The monoisotopic (exact) mass is 635 g/mol. The molecule has 0 aliphatic rings. The van der Waals surface area contributed by atoms with Crippen LogP contribution in [0.1, 0.15) is 26.3 Å². The van der Waals surface area contributed by atoms with E-state index in [1.165, 1.54) is 37.3 Å². The van der Waals surface area contributed by atoms with E-state index < -0.39 is 28.5 Å². The van der Waals surface area contributed by atoms with Crippen LogP contribution in [-0.4, -0.2) is 58.5 Å². The lowest BCUT2D eigenvalue weighted by molar-refractivity contribution is -0.139. The number of rotatable bonds is 13. The van der Waals surface area contributed by atoms with Gasteiger partial charge in [-0.25, -0.2) is 8.42 Å². The average molecular weight is 637 g/mol. The molecule has 3 aromatic rings. The third kappa shape index (κ3) is 8.08. The Kier molecular flexibility index (Phi) is 11.5. The molecule has 0 aliphatic heterocycles. The first-order chi connectivity index (χ1) is 19.9. The maximum Gasteiger partial charge on any atom is 0.264 e. The number of benzene rings is 3. The quantitative estimate of drug-likeness (QED) is 0.270. The Morgan fingerprint density at radius 1 is 0.881 bits per heavy atom. The number of nitrogens with zero attached hydrogens (tertiary/aromatic N) is 2. The first kappa shape index (κ1) is 33.0. The molecule has 12 heteroatoms. The molecule has 0 aromatic heterocycles. The summed E-state index contributed by atoms with van der Waals surface area (Å²) in [6.45, 7) is 5.35. The fourth-order valence-electron chi connectivity index (χ4n) is 4.10. The van der Waals surface area contributed by atoms with E-state index in [-0.39, 0.29) is 34.7 Å². The molecule has 2 amide bonds. The number of carbonyl (C=O) groups excluding carboxylic acids is 2. The van der Waals surface area contributed by atoms with Gasteiger partial charge in [0.2, 0.25) is 11.8 Å². The first-order valence-corrected chi connectivity index (χ1v) is 15.4. The minimum Gasteiger partial charge on any atom is -0.493 e. The first-order valence-electron chi connectivity index (χ1n) is 13.2. The van der Waals surface area contributed by atoms with Crippen molar-refractivity contribution in [2.45, 2.75) is 38.3 Å². The van der Waals surface area contributed by atoms with E-state index in [9.17, 15) is 18.0 Å². The Morgan fingerprint density at radius 3 is 2.14 bits per heavy atom. The molecule has 9 nitrogen and oxygen atoms in total. The number of sulfonamides is 1. The van der Waals surface area contributed by atoms with E-state index in [0.29, 0.717) is 27.9 Å². The lowest BCUT2D eigenvalue weighted by atomic mass is 10.1. The van der Waals surface area contributed by atoms with Gasteiger partial charge in [-0.2, -0.15) is 0 Å². The van der Waals surface area contributed by atoms with Crippen molar-refractivity contribution < 1.29 is 27.5 Å². The second kappa shape index (κ2) is 14.6. The third-order valence-corrected chi connectivity index (χ3v) is 8.96. The van der Waals surface area contributed by atoms with Gasteiger partial charge in [0.05, 0.1) is 34.8 Å².